The average molecular weight is 697 g/mol. The van der Waals surface area contributed by atoms with Crippen molar-refractivity contribution in [1.82, 2.24) is 0 Å². The van der Waals surface area contributed by atoms with E-state index < -0.39 is 0 Å². The molecule has 6 heteroatoms. The van der Waals surface area contributed by atoms with E-state index in [0.29, 0.717) is 28.3 Å². The highest BCUT2D eigenvalue weighted by molar-refractivity contribution is 5.56. The molecule has 0 aliphatic heterocycles. The van der Waals surface area contributed by atoms with Gasteiger partial charge in [0.15, 0.2) is 0 Å². The molecule has 0 spiro atoms. The Balaban J connectivity index is 1.01. The summed E-state index contributed by atoms with van der Waals surface area (Å²) in [5.74, 6) is 5.44. The fourth-order valence-electron chi connectivity index (χ4n) is 11.3. The van der Waals surface area contributed by atoms with Gasteiger partial charge in [0, 0.05) is 28.9 Å². The average Bonchev–Trinajstić information content (AvgIpc) is 3.43. The molecule has 3 fully saturated rings. The van der Waals surface area contributed by atoms with Gasteiger partial charge in [0.25, 0.3) is 0 Å². The van der Waals surface area contributed by atoms with E-state index >= 15 is 0 Å². The van der Waals surface area contributed by atoms with Crippen molar-refractivity contribution >= 4 is 17.5 Å². The summed E-state index contributed by atoms with van der Waals surface area (Å²) in [6.45, 7) is 17.1. The van der Waals surface area contributed by atoms with Gasteiger partial charge in [-0.3, -0.25) is 0 Å². The second kappa shape index (κ2) is 15.3. The number of benzene rings is 2. The summed E-state index contributed by atoms with van der Waals surface area (Å²) in [5, 5.41) is 0. The maximum Gasteiger partial charge on any atom is 0.230 e. The molecule has 6 rings (SSSR count). The van der Waals surface area contributed by atoms with Crippen LogP contribution < -0.4 is 20.9 Å². The molecule has 0 bridgehead atoms. The number of ether oxygens (including phenoxy) is 2. The predicted molar refractivity (Wildman–Crippen MR) is 210 cm³/mol. The molecule has 0 radical (unpaired) electrons. The van der Waals surface area contributed by atoms with Gasteiger partial charge in [-0.25, -0.2) is 0 Å². The van der Waals surface area contributed by atoms with Crippen molar-refractivity contribution in [3.63, 3.8) is 0 Å². The molecule has 3 saturated carbocycles. The van der Waals surface area contributed by atoms with Gasteiger partial charge < -0.3 is 25.8 Å². The third-order valence-corrected chi connectivity index (χ3v) is 13.8. The first kappa shape index (κ1) is 37.4. The van der Waals surface area contributed by atoms with E-state index in [9.17, 15) is 0 Å². The van der Waals surface area contributed by atoms with Crippen molar-refractivity contribution in [3.05, 3.63) is 77.6 Å². The summed E-state index contributed by atoms with van der Waals surface area (Å²) in [6.07, 6.45) is 21.7. The molecule has 4 aliphatic rings. The largest absolute Gasteiger partial charge is 0.458 e. The maximum absolute atomic E-state index is 6.17. The van der Waals surface area contributed by atoms with E-state index in [1.807, 2.05) is 30.3 Å². The Bertz CT molecular complexity index is 1570. The topological polar surface area (TPSA) is 89.0 Å². The first-order valence-corrected chi connectivity index (χ1v) is 19.7. The standard InChI is InChI=1S/C45H64N2O4/c1-30(2)10-8-9-11-31(3)38-17-18-39-37-16-19-41-43(4,5)42(21-24-45(41,7)40(37)20-23-44(38,39)6)51-50-25-22-32-12-14-35(15-13-32)48-29-49-36-27-33(46)26-34(47)28-36/h10,12-15,19,22,25-28,31,37-40,42H,8-9,11,16-18,20-21,23-24,29,46-47H2,1-7H3/b25-22+. The molecule has 4 aliphatic carbocycles. The van der Waals surface area contributed by atoms with E-state index in [0.717, 1.165) is 41.6 Å². The van der Waals surface area contributed by atoms with Crippen LogP contribution in [0.3, 0.4) is 0 Å². The molecule has 0 aromatic heterocycles. The molecule has 51 heavy (non-hydrogen) atoms. The van der Waals surface area contributed by atoms with Crippen LogP contribution in [0.1, 0.15) is 118 Å². The van der Waals surface area contributed by atoms with Gasteiger partial charge >= 0.3 is 0 Å². The molecule has 4 N–H and O–H groups in total. The van der Waals surface area contributed by atoms with Gasteiger partial charge in [0.2, 0.25) is 6.79 Å². The highest BCUT2D eigenvalue weighted by Crippen LogP contribution is 2.69. The molecule has 8 atom stereocenters. The Morgan fingerprint density at radius 1 is 0.882 bits per heavy atom. The number of hydrogen-bond donors (Lipinski definition) is 2. The smallest absolute Gasteiger partial charge is 0.230 e. The van der Waals surface area contributed by atoms with E-state index in [2.05, 4.69) is 60.6 Å². The van der Waals surface area contributed by atoms with Crippen LogP contribution in [0.25, 0.3) is 6.08 Å². The number of hydrogen-bond acceptors (Lipinski definition) is 6. The minimum absolute atomic E-state index is 0.0148. The molecule has 2 aromatic rings. The van der Waals surface area contributed by atoms with Crippen LogP contribution >= 0.6 is 0 Å². The van der Waals surface area contributed by atoms with Gasteiger partial charge in [-0.15, -0.1) is 0 Å². The first-order chi connectivity index (χ1) is 24.3. The zero-order valence-corrected chi connectivity index (χ0v) is 32.4. The summed E-state index contributed by atoms with van der Waals surface area (Å²) in [4.78, 5) is 11.9. The minimum atomic E-state index is -0.0805. The van der Waals surface area contributed by atoms with Gasteiger partial charge in [-0.05, 0) is 142 Å². The Kier molecular flexibility index (Phi) is 11.2. The molecule has 6 nitrogen and oxygen atoms in total. The van der Waals surface area contributed by atoms with Crippen molar-refractivity contribution in [3.8, 4) is 11.5 Å². The fourth-order valence-corrected chi connectivity index (χ4v) is 11.3. The number of nitrogen functional groups attached to an aromatic ring is 2. The van der Waals surface area contributed by atoms with E-state index in [4.69, 9.17) is 30.7 Å². The van der Waals surface area contributed by atoms with Crippen LogP contribution in [0, 0.1) is 45.8 Å². The van der Waals surface area contributed by atoms with Crippen LogP contribution in [-0.4, -0.2) is 12.9 Å². The van der Waals surface area contributed by atoms with Gasteiger partial charge in [0.05, 0.1) is 0 Å². The van der Waals surface area contributed by atoms with Gasteiger partial charge in [0.1, 0.15) is 23.9 Å². The lowest BCUT2D eigenvalue weighted by atomic mass is 9.44. The predicted octanol–water partition coefficient (Wildman–Crippen LogP) is 11.5. The molecule has 2 aromatic carbocycles. The monoisotopic (exact) mass is 696 g/mol. The van der Waals surface area contributed by atoms with Crippen molar-refractivity contribution < 1.29 is 19.2 Å². The fraction of sp³-hybridized carbons (Fsp3) is 0.600. The number of nitrogens with two attached hydrogens (primary N) is 2. The Morgan fingerprint density at radius 3 is 2.33 bits per heavy atom. The SMILES string of the molecule is CC(C)=CCCCC(C)C1CCC2C3CC=C4C(C)(C)C(OO/C=C/c5ccc(OCOc6cc(N)cc(N)c6)cc5)CCC4(C)C3CCC12C. The van der Waals surface area contributed by atoms with Crippen LogP contribution in [0.2, 0.25) is 0 Å². The lowest BCUT2D eigenvalue weighted by Crippen LogP contribution is -2.55. The lowest BCUT2D eigenvalue weighted by molar-refractivity contribution is -0.309. The second-order valence-corrected chi connectivity index (χ2v) is 17.6. The molecule has 0 amide bonds. The Labute approximate surface area is 308 Å². The number of fused-ring (bicyclic) bond motifs is 5. The summed E-state index contributed by atoms with van der Waals surface area (Å²) in [6, 6.07) is 12.9. The van der Waals surface area contributed by atoms with Crippen molar-refractivity contribution in [2.75, 3.05) is 18.3 Å². The Morgan fingerprint density at radius 2 is 1.61 bits per heavy atom. The van der Waals surface area contributed by atoms with Crippen LogP contribution in [0.4, 0.5) is 11.4 Å². The Hall–Kier alpha value is -3.38. The number of allylic oxidation sites excluding steroid dienone is 3. The van der Waals surface area contributed by atoms with Crippen LogP contribution in [0.15, 0.2) is 72.0 Å². The van der Waals surface area contributed by atoms with Crippen LogP contribution in [0.5, 0.6) is 11.5 Å². The van der Waals surface area contributed by atoms with Gasteiger partial charge in [-0.2, -0.15) is 4.89 Å². The molecular formula is C45H64N2O4. The summed E-state index contributed by atoms with van der Waals surface area (Å²) in [5.41, 5.74) is 17.5. The van der Waals surface area contributed by atoms with Crippen molar-refractivity contribution in [2.45, 2.75) is 119 Å². The quantitative estimate of drug-likeness (QED) is 0.0412. The molecular weight excluding hydrogens is 633 g/mol. The van der Waals surface area contributed by atoms with Gasteiger partial charge in [-0.1, -0.05) is 76.5 Å². The summed E-state index contributed by atoms with van der Waals surface area (Å²) >= 11 is 0. The third kappa shape index (κ3) is 7.87. The van der Waals surface area contributed by atoms with Crippen molar-refractivity contribution in [1.29, 1.82) is 0 Å². The second-order valence-electron chi connectivity index (χ2n) is 17.6. The first-order valence-electron chi connectivity index (χ1n) is 19.7. The van der Waals surface area contributed by atoms with E-state index in [1.54, 1.807) is 30.0 Å². The molecule has 0 heterocycles. The molecule has 8 unspecified atom stereocenters. The number of rotatable bonds is 13. The number of unbranched alkanes of at least 4 members (excludes halogenated alkanes) is 1. The number of anilines is 2. The summed E-state index contributed by atoms with van der Waals surface area (Å²) in [7, 11) is 0. The molecule has 0 saturated heterocycles. The van der Waals surface area contributed by atoms with Crippen LogP contribution in [-0.2, 0) is 9.78 Å². The highest BCUT2D eigenvalue weighted by Gasteiger charge is 2.61. The normalized spacial score (nSPS) is 31.5. The third-order valence-electron chi connectivity index (χ3n) is 13.8. The van der Waals surface area contributed by atoms with E-state index in [-0.39, 0.29) is 23.7 Å². The zero-order chi connectivity index (χ0) is 36.4. The van der Waals surface area contributed by atoms with E-state index in [1.165, 1.54) is 63.4 Å². The maximum atomic E-state index is 6.17. The summed E-state index contributed by atoms with van der Waals surface area (Å²) < 4.78 is 11.4. The van der Waals surface area contributed by atoms with Crippen molar-refractivity contribution in [2.24, 2.45) is 45.8 Å². The lowest BCUT2D eigenvalue weighted by Gasteiger charge is -2.61. The zero-order valence-electron chi connectivity index (χ0n) is 32.4. The minimum Gasteiger partial charge on any atom is -0.458 e. The highest BCUT2D eigenvalue weighted by atomic mass is 17.2. The molecule has 278 valence electrons.